The third kappa shape index (κ3) is 4.08. The second-order valence-electron chi connectivity index (χ2n) is 13.6. The fraction of sp³-hybridized carbons (Fsp3) is 0.150. The fourth-order valence-corrected chi connectivity index (χ4v) is 6.81. The highest BCUT2D eigenvalue weighted by atomic mass is 16.3. The molecule has 0 bridgehead atoms. The van der Waals surface area contributed by atoms with E-state index in [0.717, 1.165) is 61.4 Å². The number of benzene rings is 2. The van der Waals surface area contributed by atoms with Gasteiger partial charge >= 0.3 is 0 Å². The van der Waals surface area contributed by atoms with Crippen LogP contribution < -0.4 is 5.32 Å². The standard InChI is InChI=1S/C40H30N4O4/c1-39(2)27-13-23(31-15-21-9-5-7-11-29(21)47-31)19-41-37(27)43-33(39)17-25-35(45)26(36(25)46)18-34-40(3,4)28-14-24(20-42-38(28)44-34)32-16-22-10-6-8-12-30(22)48-32/h5-20,45H,1-4H3,(H,41,43)/b26-18-,33-17-. The van der Waals surface area contributed by atoms with E-state index < -0.39 is 10.8 Å². The van der Waals surface area contributed by atoms with Crippen LogP contribution in [0.4, 0.5) is 11.6 Å². The van der Waals surface area contributed by atoms with Crippen LogP contribution >= 0.6 is 0 Å². The van der Waals surface area contributed by atoms with E-state index in [4.69, 9.17) is 13.8 Å². The van der Waals surface area contributed by atoms with Gasteiger partial charge in [-0.1, -0.05) is 64.1 Å². The van der Waals surface area contributed by atoms with Crippen molar-refractivity contribution in [2.75, 3.05) is 5.32 Å². The van der Waals surface area contributed by atoms with Gasteiger partial charge in [0.1, 0.15) is 34.3 Å². The maximum absolute atomic E-state index is 13.5. The molecule has 2 aromatic carbocycles. The molecule has 0 unspecified atom stereocenters. The number of ketones is 1. The van der Waals surface area contributed by atoms with Gasteiger partial charge in [-0.25, -0.2) is 15.0 Å². The van der Waals surface area contributed by atoms with Gasteiger partial charge in [-0.2, -0.15) is 0 Å². The zero-order valence-corrected chi connectivity index (χ0v) is 26.8. The van der Waals surface area contributed by atoms with Crippen LogP contribution in [0, 0.1) is 0 Å². The monoisotopic (exact) mass is 630 g/mol. The molecule has 2 aliphatic heterocycles. The van der Waals surface area contributed by atoms with Crippen LogP contribution in [-0.2, 0) is 15.6 Å². The fourth-order valence-electron chi connectivity index (χ4n) is 6.81. The number of pyridine rings is 2. The Balaban J connectivity index is 0.994. The van der Waals surface area contributed by atoms with E-state index >= 15 is 0 Å². The molecule has 8 heteroatoms. The van der Waals surface area contributed by atoms with E-state index in [1.807, 2.05) is 80.6 Å². The number of aliphatic imine (C=N–C) groups is 1. The molecule has 0 atom stereocenters. The first kappa shape index (κ1) is 28.2. The molecule has 2 N–H and O–H groups in total. The van der Waals surface area contributed by atoms with Crippen molar-refractivity contribution in [1.29, 1.82) is 0 Å². The van der Waals surface area contributed by atoms with Crippen LogP contribution in [0.25, 0.3) is 44.6 Å². The molecule has 9 rings (SSSR count). The van der Waals surface area contributed by atoms with Crippen molar-refractivity contribution in [2.45, 2.75) is 38.5 Å². The summed E-state index contributed by atoms with van der Waals surface area (Å²) in [5.74, 6) is 2.48. The predicted octanol–water partition coefficient (Wildman–Crippen LogP) is 9.28. The van der Waals surface area contributed by atoms with Crippen molar-refractivity contribution in [1.82, 2.24) is 9.97 Å². The molecule has 1 aliphatic carbocycles. The number of aliphatic hydroxyl groups is 1. The van der Waals surface area contributed by atoms with E-state index in [-0.39, 0.29) is 22.7 Å². The molecule has 8 nitrogen and oxygen atoms in total. The highest BCUT2D eigenvalue weighted by Crippen LogP contribution is 2.46. The first-order valence-corrected chi connectivity index (χ1v) is 15.9. The Kier molecular flexibility index (Phi) is 5.73. The molecule has 0 spiro atoms. The molecular formula is C40H30N4O4. The molecule has 3 aliphatic rings. The van der Waals surface area contributed by atoms with Crippen molar-refractivity contribution in [3.63, 3.8) is 0 Å². The summed E-state index contributed by atoms with van der Waals surface area (Å²) in [5, 5.41) is 16.6. The third-order valence-electron chi connectivity index (χ3n) is 9.88. The van der Waals surface area contributed by atoms with Crippen molar-refractivity contribution in [2.24, 2.45) is 4.99 Å². The lowest BCUT2D eigenvalue weighted by molar-refractivity contribution is -0.113. The lowest BCUT2D eigenvalue weighted by atomic mass is 9.77. The van der Waals surface area contributed by atoms with Crippen LogP contribution in [0.2, 0.25) is 0 Å². The molecule has 48 heavy (non-hydrogen) atoms. The van der Waals surface area contributed by atoms with Crippen molar-refractivity contribution in [3.05, 3.63) is 131 Å². The van der Waals surface area contributed by atoms with Gasteiger partial charge in [0, 0.05) is 61.9 Å². The molecule has 0 saturated heterocycles. The molecule has 0 radical (unpaired) electrons. The van der Waals surface area contributed by atoms with E-state index in [2.05, 4.69) is 35.2 Å². The van der Waals surface area contributed by atoms with E-state index in [1.54, 1.807) is 24.5 Å². The Morgan fingerprint density at radius 3 is 1.98 bits per heavy atom. The number of hydrogen-bond donors (Lipinski definition) is 2. The van der Waals surface area contributed by atoms with Crippen LogP contribution in [0.3, 0.4) is 0 Å². The number of carbonyl (C=O) groups is 1. The zero-order valence-electron chi connectivity index (χ0n) is 26.8. The van der Waals surface area contributed by atoms with Gasteiger partial charge < -0.3 is 19.3 Å². The Morgan fingerprint density at radius 2 is 1.35 bits per heavy atom. The number of nitrogens with zero attached hydrogens (tertiary/aromatic N) is 3. The molecule has 0 fully saturated rings. The van der Waals surface area contributed by atoms with Gasteiger partial charge in [0.05, 0.1) is 16.9 Å². The number of carbonyl (C=O) groups excluding carboxylic acids is 1. The predicted molar refractivity (Wildman–Crippen MR) is 186 cm³/mol. The van der Waals surface area contributed by atoms with Gasteiger partial charge in [-0.3, -0.25) is 4.79 Å². The number of rotatable bonds is 4. The molecule has 234 valence electrons. The van der Waals surface area contributed by atoms with Crippen LogP contribution in [0.15, 0.2) is 134 Å². The topological polar surface area (TPSA) is 114 Å². The Labute approximate surface area is 275 Å². The summed E-state index contributed by atoms with van der Waals surface area (Å²) in [6.07, 6.45) is 6.96. The van der Waals surface area contributed by atoms with Gasteiger partial charge in [-0.15, -0.1) is 0 Å². The smallest absolute Gasteiger partial charge is 0.200 e. The second kappa shape index (κ2) is 9.75. The minimum Gasteiger partial charge on any atom is -0.506 e. The highest BCUT2D eigenvalue weighted by Gasteiger charge is 2.42. The maximum atomic E-state index is 13.5. The normalized spacial score (nSPS) is 19.2. The Hall–Kier alpha value is -6.02. The quantitative estimate of drug-likeness (QED) is 0.187. The van der Waals surface area contributed by atoms with Gasteiger partial charge in [-0.05, 0) is 48.6 Å². The number of hydrogen-bond acceptors (Lipinski definition) is 8. The summed E-state index contributed by atoms with van der Waals surface area (Å²) in [6.45, 7) is 8.22. The number of Topliss-reactive ketones (excluding diaryl/α,β-unsaturated/α-hetero) is 1. The second-order valence-corrected chi connectivity index (χ2v) is 13.6. The zero-order chi connectivity index (χ0) is 32.9. The van der Waals surface area contributed by atoms with Crippen molar-refractivity contribution >= 4 is 45.1 Å². The minimum absolute atomic E-state index is 0.0534. The molecular weight excluding hydrogens is 600 g/mol. The molecule has 4 aromatic heterocycles. The van der Waals surface area contributed by atoms with Crippen LogP contribution in [0.5, 0.6) is 0 Å². The van der Waals surface area contributed by atoms with Gasteiger partial charge in [0.25, 0.3) is 0 Å². The van der Waals surface area contributed by atoms with E-state index in [9.17, 15) is 9.90 Å². The van der Waals surface area contributed by atoms with E-state index in [0.29, 0.717) is 17.3 Å². The molecule has 0 saturated carbocycles. The molecule has 0 amide bonds. The van der Waals surface area contributed by atoms with Crippen molar-refractivity contribution in [3.8, 4) is 22.6 Å². The SMILES string of the molecule is CC1(C)C(/C=C2\C(=O)C(/C=C3\Nc4ncc(-c5cc6ccccc6o5)cc4C3(C)C)=C2O)=Nc2ncc(-c3cc4ccccc4o3)cc21. The number of aromatic nitrogens is 2. The first-order chi connectivity index (χ1) is 23.1. The summed E-state index contributed by atoms with van der Waals surface area (Å²) >= 11 is 0. The number of para-hydroxylation sites is 2. The van der Waals surface area contributed by atoms with E-state index in [1.165, 1.54) is 0 Å². The van der Waals surface area contributed by atoms with Crippen LogP contribution in [0.1, 0.15) is 38.8 Å². The third-order valence-corrected chi connectivity index (χ3v) is 9.88. The number of aliphatic hydroxyl groups excluding tert-OH is 1. The molecule has 6 aromatic rings. The van der Waals surface area contributed by atoms with Gasteiger partial charge in [0.2, 0.25) is 5.78 Å². The maximum Gasteiger partial charge on any atom is 0.200 e. The number of furan rings is 2. The van der Waals surface area contributed by atoms with Crippen molar-refractivity contribution < 1.29 is 18.7 Å². The van der Waals surface area contributed by atoms with Gasteiger partial charge in [0.15, 0.2) is 5.82 Å². The largest absolute Gasteiger partial charge is 0.506 e. The minimum atomic E-state index is -0.550. The highest BCUT2D eigenvalue weighted by molar-refractivity contribution is 6.25. The molecule has 6 heterocycles. The summed E-state index contributed by atoms with van der Waals surface area (Å²) in [6, 6.07) is 23.9. The van der Waals surface area contributed by atoms with Crippen LogP contribution in [-0.4, -0.2) is 26.6 Å². The average molecular weight is 631 g/mol. The summed E-state index contributed by atoms with van der Waals surface area (Å²) in [5.41, 5.74) is 6.12. The number of fused-ring (bicyclic) bond motifs is 4. The summed E-state index contributed by atoms with van der Waals surface area (Å²) in [4.78, 5) is 27.6. The number of anilines is 1. The Bertz CT molecular complexity index is 2450. The summed E-state index contributed by atoms with van der Waals surface area (Å²) < 4.78 is 12.2. The lowest BCUT2D eigenvalue weighted by Gasteiger charge is -2.25. The lowest BCUT2D eigenvalue weighted by Crippen LogP contribution is -2.28. The average Bonchev–Trinajstić information content (AvgIpc) is 3.83. The summed E-state index contributed by atoms with van der Waals surface area (Å²) in [7, 11) is 0. The Morgan fingerprint density at radius 1 is 0.750 bits per heavy atom. The first-order valence-electron chi connectivity index (χ1n) is 15.9. The number of nitrogens with one attached hydrogen (secondary N) is 1. The number of allylic oxidation sites excluding steroid dienone is 5.